The van der Waals surface area contributed by atoms with E-state index in [0.29, 0.717) is 18.5 Å². The van der Waals surface area contributed by atoms with E-state index in [9.17, 15) is 14.7 Å². The van der Waals surface area contributed by atoms with Crippen LogP contribution in [0, 0.1) is 0 Å². The summed E-state index contributed by atoms with van der Waals surface area (Å²) in [4.78, 5) is 25.5. The molecule has 0 aromatic heterocycles. The summed E-state index contributed by atoms with van der Waals surface area (Å²) in [5, 5.41) is 9.43. The third kappa shape index (κ3) is 2.54. The predicted octanol–water partition coefficient (Wildman–Crippen LogP) is 1.54. The Hall–Kier alpha value is -1.88. The Morgan fingerprint density at radius 2 is 1.95 bits per heavy atom. The molecule has 0 saturated carbocycles. The minimum atomic E-state index is -1.15. The van der Waals surface area contributed by atoms with Crippen LogP contribution in [0.15, 0.2) is 30.3 Å². The largest absolute Gasteiger partial charge is 0.480 e. The Kier molecular flexibility index (Phi) is 4.09. The van der Waals surface area contributed by atoms with Gasteiger partial charge in [-0.1, -0.05) is 30.3 Å². The number of nitrogens with zero attached hydrogens (tertiary/aromatic N) is 1. The number of rotatable bonds is 3. The second kappa shape index (κ2) is 5.63. The molecule has 1 aliphatic rings. The standard InChI is InChI=1S/C15H20N2O3/c1-15(14(19)20)9-5-6-10-17(15)13(18)12(16)11-7-3-2-4-8-11/h2-4,7-8,12H,5-6,9-10,16H2,1H3,(H,19,20)/t12-,15?/m0/s1. The molecule has 0 spiro atoms. The van der Waals surface area contributed by atoms with Crippen LogP contribution in [0.4, 0.5) is 0 Å². The van der Waals surface area contributed by atoms with Crippen molar-refractivity contribution >= 4 is 11.9 Å². The molecule has 1 aromatic rings. The zero-order valence-corrected chi connectivity index (χ0v) is 11.6. The van der Waals surface area contributed by atoms with Gasteiger partial charge in [0.15, 0.2) is 0 Å². The number of hydrogen-bond acceptors (Lipinski definition) is 3. The van der Waals surface area contributed by atoms with E-state index in [0.717, 1.165) is 12.8 Å². The van der Waals surface area contributed by atoms with Crippen LogP contribution >= 0.6 is 0 Å². The zero-order chi connectivity index (χ0) is 14.8. The number of benzene rings is 1. The van der Waals surface area contributed by atoms with Gasteiger partial charge >= 0.3 is 5.97 Å². The minimum absolute atomic E-state index is 0.319. The molecule has 1 amide bonds. The Bertz CT molecular complexity index is 503. The number of aliphatic carboxylic acids is 1. The number of nitrogens with two attached hydrogens (primary N) is 1. The van der Waals surface area contributed by atoms with Crippen LogP contribution in [-0.4, -0.2) is 34.0 Å². The van der Waals surface area contributed by atoms with Crippen molar-refractivity contribution in [2.75, 3.05) is 6.54 Å². The molecule has 20 heavy (non-hydrogen) atoms. The molecule has 2 rings (SSSR count). The van der Waals surface area contributed by atoms with Gasteiger partial charge in [-0.3, -0.25) is 4.79 Å². The predicted molar refractivity (Wildman–Crippen MR) is 75.0 cm³/mol. The second-order valence-corrected chi connectivity index (χ2v) is 5.41. The molecular weight excluding hydrogens is 256 g/mol. The molecule has 1 aliphatic heterocycles. The summed E-state index contributed by atoms with van der Waals surface area (Å²) >= 11 is 0. The van der Waals surface area contributed by atoms with Crippen LogP contribution in [0.3, 0.4) is 0 Å². The number of likely N-dealkylation sites (tertiary alicyclic amines) is 1. The Morgan fingerprint density at radius 3 is 2.55 bits per heavy atom. The van der Waals surface area contributed by atoms with Gasteiger partial charge in [0.25, 0.3) is 0 Å². The van der Waals surface area contributed by atoms with E-state index in [1.165, 1.54) is 4.90 Å². The van der Waals surface area contributed by atoms with Gasteiger partial charge in [0.05, 0.1) is 0 Å². The van der Waals surface area contributed by atoms with Gasteiger partial charge in [-0.15, -0.1) is 0 Å². The fourth-order valence-corrected chi connectivity index (χ4v) is 2.67. The maximum absolute atomic E-state index is 12.6. The number of hydrogen-bond donors (Lipinski definition) is 2. The second-order valence-electron chi connectivity index (χ2n) is 5.41. The van der Waals surface area contributed by atoms with Gasteiger partial charge in [-0.05, 0) is 31.7 Å². The maximum atomic E-state index is 12.6. The number of carbonyl (C=O) groups excluding carboxylic acids is 1. The third-order valence-electron chi connectivity index (χ3n) is 4.04. The summed E-state index contributed by atoms with van der Waals surface area (Å²) in [6, 6.07) is 8.23. The SMILES string of the molecule is CC1(C(=O)O)CCCCN1C(=O)[C@@H](N)c1ccccc1. The molecule has 5 nitrogen and oxygen atoms in total. The fourth-order valence-electron chi connectivity index (χ4n) is 2.67. The van der Waals surface area contributed by atoms with E-state index in [4.69, 9.17) is 5.73 Å². The Labute approximate surface area is 118 Å². The lowest BCUT2D eigenvalue weighted by molar-refractivity contribution is -0.161. The van der Waals surface area contributed by atoms with Gasteiger partial charge in [-0.2, -0.15) is 0 Å². The number of carbonyl (C=O) groups is 2. The summed E-state index contributed by atoms with van der Waals surface area (Å²) in [6.45, 7) is 2.05. The van der Waals surface area contributed by atoms with E-state index < -0.39 is 17.6 Å². The molecule has 1 saturated heterocycles. The average molecular weight is 276 g/mol. The van der Waals surface area contributed by atoms with E-state index in [-0.39, 0.29) is 5.91 Å². The summed E-state index contributed by atoms with van der Waals surface area (Å²) < 4.78 is 0. The van der Waals surface area contributed by atoms with Crippen LogP contribution in [0.2, 0.25) is 0 Å². The van der Waals surface area contributed by atoms with Crippen molar-refractivity contribution in [3.05, 3.63) is 35.9 Å². The van der Waals surface area contributed by atoms with Crippen LogP contribution in [0.25, 0.3) is 0 Å². The summed E-state index contributed by atoms with van der Waals surface area (Å²) in [6.07, 6.45) is 2.10. The van der Waals surface area contributed by atoms with E-state index in [2.05, 4.69) is 0 Å². The first-order valence-electron chi connectivity index (χ1n) is 6.82. The molecule has 1 unspecified atom stereocenters. The fraction of sp³-hybridized carbons (Fsp3) is 0.467. The molecule has 5 heteroatoms. The molecule has 0 aliphatic carbocycles. The van der Waals surface area contributed by atoms with Gasteiger partial charge in [0, 0.05) is 6.54 Å². The number of carboxylic acid groups (broad SMARTS) is 1. The lowest BCUT2D eigenvalue weighted by Crippen LogP contribution is -2.59. The first-order valence-corrected chi connectivity index (χ1v) is 6.82. The van der Waals surface area contributed by atoms with Crippen LogP contribution in [-0.2, 0) is 9.59 Å². The smallest absolute Gasteiger partial charge is 0.329 e. The van der Waals surface area contributed by atoms with Crippen molar-refractivity contribution in [3.8, 4) is 0 Å². The van der Waals surface area contributed by atoms with Gasteiger partial charge in [0.2, 0.25) is 5.91 Å². The summed E-state index contributed by atoms with van der Waals surface area (Å²) in [7, 11) is 0. The first kappa shape index (κ1) is 14.5. The van der Waals surface area contributed by atoms with Crippen LogP contribution < -0.4 is 5.73 Å². The van der Waals surface area contributed by atoms with Crippen molar-refractivity contribution in [2.45, 2.75) is 37.8 Å². The average Bonchev–Trinajstić information content (AvgIpc) is 2.47. The molecule has 3 N–H and O–H groups in total. The minimum Gasteiger partial charge on any atom is -0.480 e. The van der Waals surface area contributed by atoms with Gasteiger partial charge in [0.1, 0.15) is 11.6 Å². The number of amides is 1. The highest BCUT2D eigenvalue weighted by molar-refractivity contribution is 5.90. The van der Waals surface area contributed by atoms with Gasteiger partial charge < -0.3 is 15.7 Å². The third-order valence-corrected chi connectivity index (χ3v) is 4.04. The molecule has 1 aromatic carbocycles. The quantitative estimate of drug-likeness (QED) is 0.877. The molecule has 1 heterocycles. The maximum Gasteiger partial charge on any atom is 0.329 e. The lowest BCUT2D eigenvalue weighted by Gasteiger charge is -2.42. The van der Waals surface area contributed by atoms with Crippen molar-refractivity contribution < 1.29 is 14.7 Å². The first-order chi connectivity index (χ1) is 9.47. The summed E-state index contributed by atoms with van der Waals surface area (Å²) in [5.74, 6) is -1.29. The van der Waals surface area contributed by atoms with Crippen LogP contribution in [0.1, 0.15) is 37.8 Å². The highest BCUT2D eigenvalue weighted by Crippen LogP contribution is 2.30. The van der Waals surface area contributed by atoms with Crippen molar-refractivity contribution in [2.24, 2.45) is 5.73 Å². The molecule has 2 atom stereocenters. The molecular formula is C15H20N2O3. The highest BCUT2D eigenvalue weighted by Gasteiger charge is 2.45. The highest BCUT2D eigenvalue weighted by atomic mass is 16.4. The Morgan fingerprint density at radius 1 is 1.30 bits per heavy atom. The van der Waals surface area contributed by atoms with Crippen molar-refractivity contribution in [1.29, 1.82) is 0 Å². The topological polar surface area (TPSA) is 83.6 Å². The van der Waals surface area contributed by atoms with E-state index in [1.54, 1.807) is 19.1 Å². The van der Waals surface area contributed by atoms with Crippen molar-refractivity contribution in [3.63, 3.8) is 0 Å². The number of carboxylic acids is 1. The van der Waals surface area contributed by atoms with Gasteiger partial charge in [-0.25, -0.2) is 4.79 Å². The van der Waals surface area contributed by atoms with Crippen molar-refractivity contribution in [1.82, 2.24) is 4.90 Å². The molecule has 108 valence electrons. The molecule has 0 bridgehead atoms. The molecule has 1 fully saturated rings. The summed E-state index contributed by atoms with van der Waals surface area (Å²) in [5.41, 5.74) is 5.56. The lowest BCUT2D eigenvalue weighted by atomic mass is 9.87. The number of piperidine rings is 1. The van der Waals surface area contributed by atoms with E-state index >= 15 is 0 Å². The normalized spacial score (nSPS) is 24.2. The van der Waals surface area contributed by atoms with Crippen LogP contribution in [0.5, 0.6) is 0 Å². The molecule has 0 radical (unpaired) electrons. The Balaban J connectivity index is 2.24. The van der Waals surface area contributed by atoms with E-state index in [1.807, 2.05) is 18.2 Å². The monoisotopic (exact) mass is 276 g/mol. The zero-order valence-electron chi connectivity index (χ0n) is 11.6.